The minimum atomic E-state index is 0.213. The Hall–Kier alpha value is -1.41. The van der Waals surface area contributed by atoms with Crippen LogP contribution in [0.3, 0.4) is 0 Å². The highest BCUT2D eigenvalue weighted by Crippen LogP contribution is 2.42. The lowest BCUT2D eigenvalue weighted by Crippen LogP contribution is -2.42. The number of fused-ring (bicyclic) bond motifs is 1. The van der Waals surface area contributed by atoms with Crippen molar-refractivity contribution in [2.45, 2.75) is 45.1 Å². The smallest absolute Gasteiger partial charge is 0.0704 e. The van der Waals surface area contributed by atoms with Crippen LogP contribution in [0.25, 0.3) is 10.9 Å². The third kappa shape index (κ3) is 2.85. The molecule has 0 spiro atoms. The summed E-state index contributed by atoms with van der Waals surface area (Å²) < 4.78 is 0. The van der Waals surface area contributed by atoms with Crippen LogP contribution in [0.1, 0.15) is 45.1 Å². The number of hydrogen-bond donors (Lipinski definition) is 1. The average molecular weight is 268 g/mol. The largest absolute Gasteiger partial charge is 0.312 e. The Morgan fingerprint density at radius 2 is 2.05 bits per heavy atom. The molecule has 2 heteroatoms. The molecule has 106 valence electrons. The first kappa shape index (κ1) is 13.6. The lowest BCUT2D eigenvalue weighted by Gasteiger charge is -2.39. The molecule has 0 radical (unpaired) electrons. The van der Waals surface area contributed by atoms with Crippen LogP contribution in [0.2, 0.25) is 0 Å². The number of nitrogens with one attached hydrogen (secondary N) is 1. The van der Waals surface area contributed by atoms with Crippen LogP contribution in [0.5, 0.6) is 0 Å². The van der Waals surface area contributed by atoms with Gasteiger partial charge < -0.3 is 5.32 Å². The molecule has 1 fully saturated rings. The molecule has 0 saturated heterocycles. The van der Waals surface area contributed by atoms with Crippen molar-refractivity contribution in [1.82, 2.24) is 10.3 Å². The second kappa shape index (κ2) is 5.17. The van der Waals surface area contributed by atoms with Gasteiger partial charge in [0.05, 0.1) is 5.52 Å². The Labute approximate surface area is 121 Å². The Balaban J connectivity index is 1.74. The molecule has 1 aliphatic rings. The van der Waals surface area contributed by atoms with Crippen LogP contribution in [0.4, 0.5) is 0 Å². The fraction of sp³-hybridized carbons (Fsp3) is 0.500. The molecule has 2 nitrogen and oxygen atoms in total. The lowest BCUT2D eigenvalue weighted by molar-refractivity contribution is 0.226. The van der Waals surface area contributed by atoms with Crippen LogP contribution in [0, 0.1) is 5.92 Å². The number of hydrogen-bond acceptors (Lipinski definition) is 2. The molecule has 20 heavy (non-hydrogen) atoms. The first-order valence-corrected chi connectivity index (χ1v) is 7.63. The van der Waals surface area contributed by atoms with Gasteiger partial charge in [-0.05, 0) is 69.7 Å². The summed E-state index contributed by atoms with van der Waals surface area (Å²) in [7, 11) is 0. The van der Waals surface area contributed by atoms with Gasteiger partial charge in [0.25, 0.3) is 0 Å². The molecule has 1 N–H and O–H groups in total. The van der Waals surface area contributed by atoms with Gasteiger partial charge in [-0.25, -0.2) is 0 Å². The van der Waals surface area contributed by atoms with Crippen molar-refractivity contribution in [1.29, 1.82) is 0 Å². The van der Waals surface area contributed by atoms with Gasteiger partial charge in [0.15, 0.2) is 0 Å². The fourth-order valence-corrected chi connectivity index (χ4v) is 3.00. The topological polar surface area (TPSA) is 24.9 Å². The molecular formula is C18H24N2. The van der Waals surface area contributed by atoms with E-state index in [0.29, 0.717) is 5.92 Å². The van der Waals surface area contributed by atoms with E-state index in [2.05, 4.69) is 55.3 Å². The van der Waals surface area contributed by atoms with Gasteiger partial charge in [0.1, 0.15) is 0 Å². The van der Waals surface area contributed by atoms with Crippen molar-refractivity contribution in [3.05, 3.63) is 42.1 Å². The van der Waals surface area contributed by atoms with E-state index in [4.69, 9.17) is 0 Å². The molecule has 1 saturated carbocycles. The summed E-state index contributed by atoms with van der Waals surface area (Å²) in [5, 5.41) is 4.88. The first-order chi connectivity index (χ1) is 9.53. The molecular weight excluding hydrogens is 244 g/mol. The van der Waals surface area contributed by atoms with E-state index in [1.54, 1.807) is 0 Å². The summed E-state index contributed by atoms with van der Waals surface area (Å²) in [4.78, 5) is 4.48. The van der Waals surface area contributed by atoms with E-state index >= 15 is 0 Å². The molecule has 2 aromatic rings. The zero-order valence-electron chi connectivity index (χ0n) is 12.7. The monoisotopic (exact) mass is 268 g/mol. The Bertz CT molecular complexity index is 598. The second-order valence-electron chi connectivity index (χ2n) is 7.03. The van der Waals surface area contributed by atoms with Crippen molar-refractivity contribution in [2.75, 3.05) is 6.54 Å². The van der Waals surface area contributed by atoms with E-state index in [1.807, 2.05) is 12.3 Å². The zero-order chi connectivity index (χ0) is 14.2. The van der Waals surface area contributed by atoms with Gasteiger partial charge in [0, 0.05) is 17.1 Å². The van der Waals surface area contributed by atoms with Gasteiger partial charge in [-0.1, -0.05) is 18.2 Å². The molecule has 2 unspecified atom stereocenters. The third-order valence-electron chi connectivity index (χ3n) is 4.37. The van der Waals surface area contributed by atoms with Crippen LogP contribution in [0.15, 0.2) is 36.5 Å². The first-order valence-electron chi connectivity index (χ1n) is 7.63. The molecule has 0 bridgehead atoms. The Morgan fingerprint density at radius 1 is 1.20 bits per heavy atom. The Kier molecular flexibility index (Phi) is 3.51. The fourth-order valence-electron chi connectivity index (χ4n) is 3.00. The maximum atomic E-state index is 4.48. The second-order valence-corrected chi connectivity index (χ2v) is 7.03. The van der Waals surface area contributed by atoms with E-state index in [-0.39, 0.29) is 5.54 Å². The lowest BCUT2D eigenvalue weighted by atomic mass is 9.69. The highest BCUT2D eigenvalue weighted by atomic mass is 14.9. The normalized spacial score (nSPS) is 22.8. The standard InChI is InChI=1S/C18H24N2/c1-18(2,3)20-12-15-8-9-16(15)14-7-6-13-5-4-10-19-17(13)11-14/h4-7,10-11,15-16,20H,8-9,12H2,1-3H3. The molecule has 1 aliphatic carbocycles. The SMILES string of the molecule is CC(C)(C)NCC1CCC1c1ccc2cccnc2c1. The number of rotatable bonds is 3. The van der Waals surface area contributed by atoms with E-state index in [9.17, 15) is 0 Å². The summed E-state index contributed by atoms with van der Waals surface area (Å²) in [6, 6.07) is 10.9. The number of benzene rings is 1. The minimum absolute atomic E-state index is 0.213. The van der Waals surface area contributed by atoms with Crippen LogP contribution in [-0.2, 0) is 0 Å². The zero-order valence-corrected chi connectivity index (χ0v) is 12.7. The average Bonchev–Trinajstić information content (AvgIpc) is 2.36. The molecule has 0 aliphatic heterocycles. The molecule has 2 atom stereocenters. The maximum Gasteiger partial charge on any atom is 0.0704 e. The number of pyridine rings is 1. The van der Waals surface area contributed by atoms with E-state index in [0.717, 1.165) is 18.0 Å². The predicted octanol–water partition coefficient (Wildman–Crippen LogP) is 4.12. The molecule has 1 heterocycles. The predicted molar refractivity (Wildman–Crippen MR) is 85.0 cm³/mol. The summed E-state index contributed by atoms with van der Waals surface area (Å²) in [6.07, 6.45) is 4.54. The summed E-state index contributed by atoms with van der Waals surface area (Å²) in [5.74, 6) is 1.48. The van der Waals surface area contributed by atoms with Crippen molar-refractivity contribution in [3.63, 3.8) is 0 Å². The van der Waals surface area contributed by atoms with Crippen LogP contribution in [-0.4, -0.2) is 17.1 Å². The van der Waals surface area contributed by atoms with Crippen molar-refractivity contribution in [3.8, 4) is 0 Å². The van der Waals surface area contributed by atoms with Gasteiger partial charge in [-0.15, -0.1) is 0 Å². The summed E-state index contributed by atoms with van der Waals surface area (Å²) in [5.41, 5.74) is 2.80. The molecule has 1 aromatic heterocycles. The van der Waals surface area contributed by atoms with Crippen LogP contribution >= 0.6 is 0 Å². The van der Waals surface area contributed by atoms with Gasteiger partial charge in [0.2, 0.25) is 0 Å². The molecule has 0 amide bonds. The highest BCUT2D eigenvalue weighted by Gasteiger charge is 2.32. The quantitative estimate of drug-likeness (QED) is 0.906. The van der Waals surface area contributed by atoms with E-state index in [1.165, 1.54) is 23.8 Å². The third-order valence-corrected chi connectivity index (χ3v) is 4.37. The minimum Gasteiger partial charge on any atom is -0.312 e. The maximum absolute atomic E-state index is 4.48. The summed E-state index contributed by atoms with van der Waals surface area (Å²) in [6.45, 7) is 7.83. The number of aromatic nitrogens is 1. The van der Waals surface area contributed by atoms with Crippen LogP contribution < -0.4 is 5.32 Å². The summed E-state index contributed by atoms with van der Waals surface area (Å²) >= 11 is 0. The van der Waals surface area contributed by atoms with Gasteiger partial charge in [-0.3, -0.25) is 4.98 Å². The molecule has 3 rings (SSSR count). The molecule has 1 aromatic carbocycles. The van der Waals surface area contributed by atoms with Crippen molar-refractivity contribution >= 4 is 10.9 Å². The van der Waals surface area contributed by atoms with Crippen molar-refractivity contribution < 1.29 is 0 Å². The number of nitrogens with zero attached hydrogens (tertiary/aromatic N) is 1. The van der Waals surface area contributed by atoms with Crippen molar-refractivity contribution in [2.24, 2.45) is 5.92 Å². The Morgan fingerprint density at radius 3 is 2.75 bits per heavy atom. The van der Waals surface area contributed by atoms with Gasteiger partial charge >= 0.3 is 0 Å². The van der Waals surface area contributed by atoms with Gasteiger partial charge in [-0.2, -0.15) is 0 Å². The van der Waals surface area contributed by atoms with E-state index < -0.39 is 0 Å². The highest BCUT2D eigenvalue weighted by molar-refractivity contribution is 5.79.